The molecule has 0 aromatic heterocycles. The molecule has 0 spiro atoms. The summed E-state index contributed by atoms with van der Waals surface area (Å²) >= 11 is 0. The van der Waals surface area contributed by atoms with Crippen LogP contribution in [0.25, 0.3) is 0 Å². The molecule has 1 aromatic rings. The fourth-order valence-corrected chi connectivity index (χ4v) is 2.25. The summed E-state index contributed by atoms with van der Waals surface area (Å²) in [7, 11) is -10.6. The Hall–Kier alpha value is 1.51. The number of nitrogens with zero attached hydrogens (tertiary/aromatic N) is 1. The second-order valence-electron chi connectivity index (χ2n) is 2.95. The molecular weight excluding hydrogens is 372 g/mol. The quantitative estimate of drug-likeness (QED) is 0.232. The summed E-state index contributed by atoms with van der Waals surface area (Å²) in [6.45, 7) is 0. The van der Waals surface area contributed by atoms with E-state index in [0.717, 1.165) is 0 Å². The second-order valence-corrected chi connectivity index (χ2v) is 5.68. The van der Waals surface area contributed by atoms with Gasteiger partial charge in [-0.2, -0.15) is 0 Å². The summed E-state index contributed by atoms with van der Waals surface area (Å²) in [5.74, 6) is -1.53. The number of aromatic hydroxyl groups is 1. The molecular formula is C6H3K2NO9S2. The van der Waals surface area contributed by atoms with E-state index >= 15 is 0 Å². The first kappa shape index (κ1) is 23.8. The Morgan fingerprint density at radius 3 is 1.75 bits per heavy atom. The van der Waals surface area contributed by atoms with Gasteiger partial charge in [0.05, 0.1) is 9.82 Å². The van der Waals surface area contributed by atoms with Gasteiger partial charge in [-0.05, 0) is 6.07 Å². The zero-order valence-electron chi connectivity index (χ0n) is 10.1. The van der Waals surface area contributed by atoms with Crippen LogP contribution in [0.5, 0.6) is 5.75 Å². The maximum absolute atomic E-state index is 10.7. The minimum Gasteiger partial charge on any atom is -0.744 e. The van der Waals surface area contributed by atoms with Crippen molar-refractivity contribution < 1.29 is 139 Å². The molecule has 0 amide bonds. The molecule has 0 bridgehead atoms. The summed E-state index contributed by atoms with van der Waals surface area (Å²) in [5, 5.41) is 19.6. The minimum absolute atomic E-state index is 0. The van der Waals surface area contributed by atoms with E-state index in [1.807, 2.05) is 0 Å². The average molecular weight is 375 g/mol. The number of nitro benzene ring substituents is 1. The molecule has 1 N–H and O–H groups in total. The third kappa shape index (κ3) is 5.95. The molecule has 0 radical (unpaired) electrons. The smallest absolute Gasteiger partial charge is 0.744 e. The molecule has 100 valence electrons. The van der Waals surface area contributed by atoms with Crippen LogP contribution < -0.4 is 103 Å². The molecule has 0 saturated carbocycles. The predicted molar refractivity (Wildman–Crippen MR) is 50.7 cm³/mol. The molecule has 10 nitrogen and oxygen atoms in total. The van der Waals surface area contributed by atoms with Crippen LogP contribution in [-0.4, -0.2) is 36.0 Å². The Morgan fingerprint density at radius 2 is 1.45 bits per heavy atom. The minimum atomic E-state index is -5.38. The molecule has 0 aliphatic carbocycles. The maximum atomic E-state index is 10.7. The van der Waals surface area contributed by atoms with Gasteiger partial charge in [-0.3, -0.25) is 10.1 Å². The Labute approximate surface area is 198 Å². The predicted octanol–water partition coefficient (Wildman–Crippen LogP) is -6.88. The fraction of sp³-hybridized carbons (Fsp3) is 0. The fourth-order valence-electron chi connectivity index (χ4n) is 1.04. The van der Waals surface area contributed by atoms with E-state index in [4.69, 9.17) is 5.11 Å². The number of phenolic OH excluding ortho intramolecular Hbond substituents is 1. The van der Waals surface area contributed by atoms with Crippen LogP contribution in [-0.2, 0) is 20.2 Å². The molecule has 20 heavy (non-hydrogen) atoms. The van der Waals surface area contributed by atoms with E-state index in [1.54, 1.807) is 0 Å². The summed E-state index contributed by atoms with van der Waals surface area (Å²) < 4.78 is 63.9. The van der Waals surface area contributed by atoms with E-state index < -0.39 is 46.4 Å². The van der Waals surface area contributed by atoms with Gasteiger partial charge in [-0.1, -0.05) is 0 Å². The first-order valence-electron chi connectivity index (χ1n) is 3.88. The SMILES string of the molecule is O=[N+]([O-])c1cc(S(=O)(=O)[O-])cc(S(=O)(=O)[O-])c1O.[K+].[K+]. The van der Waals surface area contributed by atoms with Gasteiger partial charge in [0.2, 0.25) is 5.75 Å². The van der Waals surface area contributed by atoms with Crippen LogP contribution in [0.4, 0.5) is 5.69 Å². The van der Waals surface area contributed by atoms with E-state index in [0.29, 0.717) is 0 Å². The zero-order chi connectivity index (χ0) is 14.3. The van der Waals surface area contributed by atoms with Crippen molar-refractivity contribution in [2.45, 2.75) is 9.79 Å². The van der Waals surface area contributed by atoms with Crippen molar-refractivity contribution >= 4 is 25.9 Å². The maximum Gasteiger partial charge on any atom is 1.00 e. The number of nitro groups is 1. The number of phenols is 1. The number of hydrogen-bond donors (Lipinski definition) is 1. The Morgan fingerprint density at radius 1 is 1.00 bits per heavy atom. The van der Waals surface area contributed by atoms with Crippen molar-refractivity contribution in [1.29, 1.82) is 0 Å². The van der Waals surface area contributed by atoms with Crippen molar-refractivity contribution in [3.63, 3.8) is 0 Å². The molecule has 0 aliphatic rings. The van der Waals surface area contributed by atoms with Crippen LogP contribution >= 0.6 is 0 Å². The summed E-state index contributed by atoms with van der Waals surface area (Å²) in [5.41, 5.74) is -1.37. The number of hydrogen-bond acceptors (Lipinski definition) is 9. The first-order valence-corrected chi connectivity index (χ1v) is 6.69. The van der Waals surface area contributed by atoms with Gasteiger partial charge >= 0.3 is 108 Å². The van der Waals surface area contributed by atoms with Gasteiger partial charge in [0.1, 0.15) is 25.1 Å². The van der Waals surface area contributed by atoms with Crippen molar-refractivity contribution in [2.75, 3.05) is 0 Å². The average Bonchev–Trinajstić information content (AvgIpc) is 2.13. The normalized spacial score (nSPS) is 11.1. The Bertz CT molecular complexity index is 727. The summed E-state index contributed by atoms with van der Waals surface area (Å²) in [6, 6.07) is 0.222. The molecule has 0 heterocycles. The van der Waals surface area contributed by atoms with Crippen LogP contribution in [0.15, 0.2) is 21.9 Å². The third-order valence-electron chi connectivity index (χ3n) is 1.78. The van der Waals surface area contributed by atoms with Crippen molar-refractivity contribution in [1.82, 2.24) is 0 Å². The van der Waals surface area contributed by atoms with Gasteiger partial charge in [0, 0.05) is 6.07 Å². The molecule has 14 heteroatoms. The first-order chi connectivity index (χ1) is 7.94. The van der Waals surface area contributed by atoms with Crippen molar-refractivity contribution in [3.05, 3.63) is 22.2 Å². The van der Waals surface area contributed by atoms with Gasteiger partial charge in [0.25, 0.3) is 0 Å². The zero-order valence-corrected chi connectivity index (χ0v) is 18.0. The monoisotopic (exact) mass is 375 g/mol. The van der Waals surface area contributed by atoms with E-state index in [-0.39, 0.29) is 115 Å². The molecule has 0 saturated heterocycles. The van der Waals surface area contributed by atoms with Crippen LogP contribution in [0, 0.1) is 10.1 Å². The Balaban J connectivity index is 0. The standard InChI is InChI=1S/C6H5NO9S2.2K/c8-6-4(7(9)10)1-3(17(11,12)13)2-5(6)18(14,15)16;;/h1-2,8H,(H,11,12,13)(H,14,15,16);;/q;2*+1/p-2. The van der Waals surface area contributed by atoms with Crippen LogP contribution in [0.3, 0.4) is 0 Å². The van der Waals surface area contributed by atoms with E-state index in [2.05, 4.69) is 0 Å². The second kappa shape index (κ2) is 8.39. The largest absolute Gasteiger partial charge is 1.00 e. The van der Waals surface area contributed by atoms with Gasteiger partial charge in [-0.15, -0.1) is 0 Å². The molecule has 0 aliphatic heterocycles. The summed E-state index contributed by atoms with van der Waals surface area (Å²) in [4.78, 5) is 6.24. The van der Waals surface area contributed by atoms with E-state index in [1.165, 1.54) is 0 Å². The van der Waals surface area contributed by atoms with Gasteiger partial charge < -0.3 is 14.2 Å². The molecule has 1 aromatic carbocycles. The number of rotatable bonds is 3. The topological polar surface area (TPSA) is 178 Å². The molecule has 1 rings (SSSR count). The van der Waals surface area contributed by atoms with Gasteiger partial charge in [0.15, 0.2) is 0 Å². The molecule has 0 unspecified atom stereocenters. The number of benzene rings is 1. The van der Waals surface area contributed by atoms with Crippen molar-refractivity contribution in [2.24, 2.45) is 0 Å². The van der Waals surface area contributed by atoms with Gasteiger partial charge in [-0.25, -0.2) is 16.8 Å². The Kier molecular flexibility index (Phi) is 9.97. The van der Waals surface area contributed by atoms with E-state index in [9.17, 15) is 36.1 Å². The molecule has 0 atom stereocenters. The summed E-state index contributed by atoms with van der Waals surface area (Å²) in [6.07, 6.45) is 0. The van der Waals surface area contributed by atoms with Crippen LogP contribution in [0.1, 0.15) is 0 Å². The van der Waals surface area contributed by atoms with Crippen LogP contribution in [0.2, 0.25) is 0 Å². The van der Waals surface area contributed by atoms with Crippen molar-refractivity contribution in [3.8, 4) is 5.75 Å². The molecule has 0 fully saturated rings. The third-order valence-corrected chi connectivity index (χ3v) is 3.45.